The molecule has 0 aliphatic rings. The SMILES string of the molecule is CCNC(=NCc1nccn1CC(C)C)N(C)CCOc1ccc(OC)cc1. The topological polar surface area (TPSA) is 63.9 Å². The van der Waals surface area contributed by atoms with E-state index in [1.54, 1.807) is 7.11 Å². The lowest BCUT2D eigenvalue weighted by Gasteiger charge is -2.22. The van der Waals surface area contributed by atoms with Crippen molar-refractivity contribution in [2.75, 3.05) is 33.9 Å². The van der Waals surface area contributed by atoms with Crippen LogP contribution in [0.4, 0.5) is 0 Å². The maximum atomic E-state index is 5.82. The lowest BCUT2D eigenvalue weighted by molar-refractivity contribution is 0.281. The van der Waals surface area contributed by atoms with Gasteiger partial charge in [0.05, 0.1) is 13.7 Å². The van der Waals surface area contributed by atoms with Crippen LogP contribution in [0, 0.1) is 5.92 Å². The normalized spacial score (nSPS) is 11.6. The number of ether oxygens (including phenoxy) is 2. The first-order valence-corrected chi connectivity index (χ1v) is 9.79. The molecule has 0 radical (unpaired) electrons. The molecule has 0 atom stereocenters. The quantitative estimate of drug-likeness (QED) is 0.501. The first-order chi connectivity index (χ1) is 13.5. The average Bonchev–Trinajstić information content (AvgIpc) is 3.11. The Bertz CT molecular complexity index is 725. The van der Waals surface area contributed by atoms with Crippen molar-refractivity contribution in [3.05, 3.63) is 42.5 Å². The molecule has 28 heavy (non-hydrogen) atoms. The molecule has 0 spiro atoms. The lowest BCUT2D eigenvalue weighted by Crippen LogP contribution is -2.41. The van der Waals surface area contributed by atoms with Crippen molar-refractivity contribution in [1.82, 2.24) is 19.8 Å². The molecule has 154 valence electrons. The number of likely N-dealkylation sites (N-methyl/N-ethyl adjacent to an activating group) is 1. The number of benzene rings is 1. The van der Waals surface area contributed by atoms with Crippen molar-refractivity contribution < 1.29 is 9.47 Å². The summed E-state index contributed by atoms with van der Waals surface area (Å²) in [4.78, 5) is 11.3. The fourth-order valence-corrected chi connectivity index (χ4v) is 2.74. The van der Waals surface area contributed by atoms with Gasteiger partial charge in [-0.3, -0.25) is 0 Å². The van der Waals surface area contributed by atoms with Crippen LogP contribution in [-0.2, 0) is 13.1 Å². The van der Waals surface area contributed by atoms with Crippen LogP contribution >= 0.6 is 0 Å². The number of aromatic nitrogens is 2. The first-order valence-electron chi connectivity index (χ1n) is 9.79. The molecule has 1 heterocycles. The number of methoxy groups -OCH3 is 1. The number of guanidine groups is 1. The zero-order valence-electron chi connectivity index (χ0n) is 17.7. The van der Waals surface area contributed by atoms with E-state index in [9.17, 15) is 0 Å². The minimum absolute atomic E-state index is 0.547. The van der Waals surface area contributed by atoms with Crippen LogP contribution in [0.25, 0.3) is 0 Å². The Morgan fingerprint density at radius 2 is 1.96 bits per heavy atom. The van der Waals surface area contributed by atoms with E-state index in [0.717, 1.165) is 42.9 Å². The summed E-state index contributed by atoms with van der Waals surface area (Å²) in [5.74, 6) is 4.04. The van der Waals surface area contributed by atoms with E-state index in [2.05, 4.69) is 40.5 Å². The fourth-order valence-electron chi connectivity index (χ4n) is 2.74. The molecule has 2 aromatic rings. The molecule has 0 aliphatic carbocycles. The summed E-state index contributed by atoms with van der Waals surface area (Å²) in [6, 6.07) is 7.60. The van der Waals surface area contributed by atoms with E-state index in [0.29, 0.717) is 19.1 Å². The van der Waals surface area contributed by atoms with Crippen molar-refractivity contribution in [2.24, 2.45) is 10.9 Å². The molecule has 0 amide bonds. The van der Waals surface area contributed by atoms with Crippen LogP contribution in [0.5, 0.6) is 11.5 Å². The van der Waals surface area contributed by atoms with Crippen molar-refractivity contribution in [1.29, 1.82) is 0 Å². The van der Waals surface area contributed by atoms with E-state index in [1.165, 1.54) is 0 Å². The van der Waals surface area contributed by atoms with E-state index in [4.69, 9.17) is 14.5 Å². The highest BCUT2D eigenvalue weighted by Crippen LogP contribution is 2.16. The minimum Gasteiger partial charge on any atom is -0.497 e. The summed E-state index contributed by atoms with van der Waals surface area (Å²) >= 11 is 0. The van der Waals surface area contributed by atoms with Gasteiger partial charge in [-0.05, 0) is 37.1 Å². The van der Waals surface area contributed by atoms with Gasteiger partial charge < -0.3 is 24.3 Å². The summed E-state index contributed by atoms with van der Waals surface area (Å²) < 4.78 is 13.2. The maximum absolute atomic E-state index is 5.82. The third kappa shape index (κ3) is 6.79. The number of hydrogen-bond acceptors (Lipinski definition) is 4. The third-order valence-electron chi connectivity index (χ3n) is 4.19. The predicted octanol–water partition coefficient (Wildman–Crippen LogP) is 3.02. The number of nitrogens with one attached hydrogen (secondary N) is 1. The second-order valence-corrected chi connectivity index (χ2v) is 7.01. The third-order valence-corrected chi connectivity index (χ3v) is 4.19. The molecule has 0 saturated carbocycles. The number of rotatable bonds is 10. The van der Waals surface area contributed by atoms with E-state index < -0.39 is 0 Å². The Kier molecular flexibility index (Phi) is 8.65. The van der Waals surface area contributed by atoms with Crippen LogP contribution in [0.3, 0.4) is 0 Å². The van der Waals surface area contributed by atoms with Crippen LogP contribution < -0.4 is 14.8 Å². The summed E-state index contributed by atoms with van der Waals surface area (Å²) in [5, 5.41) is 3.34. The highest BCUT2D eigenvalue weighted by atomic mass is 16.5. The van der Waals surface area contributed by atoms with Crippen LogP contribution in [0.15, 0.2) is 41.7 Å². The predicted molar refractivity (Wildman–Crippen MR) is 113 cm³/mol. The Balaban J connectivity index is 1.90. The molecule has 0 aliphatic heterocycles. The summed E-state index contributed by atoms with van der Waals surface area (Å²) in [5.41, 5.74) is 0. The zero-order chi connectivity index (χ0) is 20.4. The molecular weight excluding hydrogens is 354 g/mol. The molecule has 1 aromatic heterocycles. The van der Waals surface area contributed by atoms with Gasteiger partial charge in [0, 0.05) is 32.5 Å². The number of aliphatic imine (C=N–C) groups is 1. The molecule has 1 aromatic carbocycles. The van der Waals surface area contributed by atoms with Crippen LogP contribution in [0.2, 0.25) is 0 Å². The van der Waals surface area contributed by atoms with Gasteiger partial charge in [-0.25, -0.2) is 9.98 Å². The summed E-state index contributed by atoms with van der Waals surface area (Å²) in [7, 11) is 3.67. The number of imidazole rings is 1. The van der Waals surface area contributed by atoms with Gasteiger partial charge in [-0.2, -0.15) is 0 Å². The maximum Gasteiger partial charge on any atom is 0.194 e. The van der Waals surface area contributed by atoms with Gasteiger partial charge in [0.1, 0.15) is 30.5 Å². The van der Waals surface area contributed by atoms with Gasteiger partial charge in [0.25, 0.3) is 0 Å². The molecule has 0 unspecified atom stereocenters. The Hall–Kier alpha value is -2.70. The smallest absolute Gasteiger partial charge is 0.194 e. The van der Waals surface area contributed by atoms with Gasteiger partial charge in [0.2, 0.25) is 0 Å². The Labute approximate surface area is 168 Å². The molecule has 0 bridgehead atoms. The molecule has 7 heteroatoms. The number of nitrogens with zero attached hydrogens (tertiary/aromatic N) is 4. The lowest BCUT2D eigenvalue weighted by atomic mass is 10.2. The Morgan fingerprint density at radius 1 is 1.25 bits per heavy atom. The molecule has 0 fully saturated rings. The highest BCUT2D eigenvalue weighted by Gasteiger charge is 2.08. The van der Waals surface area contributed by atoms with E-state index in [1.807, 2.05) is 43.7 Å². The highest BCUT2D eigenvalue weighted by molar-refractivity contribution is 5.79. The molecule has 1 N–H and O–H groups in total. The summed E-state index contributed by atoms with van der Waals surface area (Å²) in [6.07, 6.45) is 3.86. The number of hydrogen-bond donors (Lipinski definition) is 1. The first kappa shape index (κ1) is 21.6. The van der Waals surface area contributed by atoms with Crippen LogP contribution in [-0.4, -0.2) is 54.3 Å². The minimum atomic E-state index is 0.547. The molecule has 0 saturated heterocycles. The molecule has 7 nitrogen and oxygen atoms in total. The van der Waals surface area contributed by atoms with Gasteiger partial charge >= 0.3 is 0 Å². The van der Waals surface area contributed by atoms with E-state index >= 15 is 0 Å². The van der Waals surface area contributed by atoms with Crippen molar-refractivity contribution in [2.45, 2.75) is 33.9 Å². The van der Waals surface area contributed by atoms with Crippen molar-refractivity contribution in [3.8, 4) is 11.5 Å². The molecule has 2 rings (SSSR count). The van der Waals surface area contributed by atoms with Gasteiger partial charge in [0.15, 0.2) is 5.96 Å². The second-order valence-electron chi connectivity index (χ2n) is 7.01. The van der Waals surface area contributed by atoms with Gasteiger partial charge in [-0.1, -0.05) is 13.8 Å². The van der Waals surface area contributed by atoms with E-state index in [-0.39, 0.29) is 0 Å². The van der Waals surface area contributed by atoms with Crippen molar-refractivity contribution >= 4 is 5.96 Å². The monoisotopic (exact) mass is 387 g/mol. The Morgan fingerprint density at radius 3 is 2.61 bits per heavy atom. The average molecular weight is 388 g/mol. The van der Waals surface area contributed by atoms with Crippen LogP contribution in [0.1, 0.15) is 26.6 Å². The second kappa shape index (κ2) is 11.2. The summed E-state index contributed by atoms with van der Waals surface area (Å²) in [6.45, 7) is 10.1. The van der Waals surface area contributed by atoms with Crippen molar-refractivity contribution in [3.63, 3.8) is 0 Å². The standard InChI is InChI=1S/C21H33N5O2/c1-6-22-21(24-15-20-23-11-12-26(20)16-17(2)3)25(4)13-14-28-19-9-7-18(27-5)8-10-19/h7-12,17H,6,13-16H2,1-5H3,(H,22,24). The largest absolute Gasteiger partial charge is 0.497 e. The zero-order valence-corrected chi connectivity index (χ0v) is 17.7. The molecular formula is C21H33N5O2. The van der Waals surface area contributed by atoms with Gasteiger partial charge in [-0.15, -0.1) is 0 Å². The fraction of sp³-hybridized carbons (Fsp3) is 0.524.